The highest BCUT2D eigenvalue weighted by atomic mass is 16.3. The Kier molecular flexibility index (Phi) is 2.92. The van der Waals surface area contributed by atoms with Crippen LogP contribution in [0.25, 0.3) is 11.0 Å². The van der Waals surface area contributed by atoms with Crippen molar-refractivity contribution in [3.05, 3.63) is 29.8 Å². The third-order valence-corrected chi connectivity index (χ3v) is 2.35. The van der Waals surface area contributed by atoms with Gasteiger partial charge in [-0.05, 0) is 32.0 Å². The van der Waals surface area contributed by atoms with Gasteiger partial charge in [-0.1, -0.05) is 11.6 Å². The second-order valence-electron chi connectivity index (χ2n) is 3.72. The minimum absolute atomic E-state index is 0.701. The molecule has 3 N–H and O–H groups in total. The maximum absolute atomic E-state index is 5.62. The number of rotatable bonds is 4. The molecule has 80 valence electrons. The van der Waals surface area contributed by atoms with Crippen molar-refractivity contribution in [3.8, 4) is 0 Å². The van der Waals surface area contributed by atoms with Crippen molar-refractivity contribution < 1.29 is 4.42 Å². The number of nitrogens with one attached hydrogen (secondary N) is 1. The zero-order valence-electron chi connectivity index (χ0n) is 8.92. The van der Waals surface area contributed by atoms with Crippen molar-refractivity contribution in [1.82, 2.24) is 0 Å². The van der Waals surface area contributed by atoms with Gasteiger partial charge in [0.25, 0.3) is 0 Å². The van der Waals surface area contributed by atoms with E-state index in [4.69, 9.17) is 10.2 Å². The second kappa shape index (κ2) is 4.36. The van der Waals surface area contributed by atoms with E-state index in [9.17, 15) is 0 Å². The van der Waals surface area contributed by atoms with Gasteiger partial charge >= 0.3 is 0 Å². The van der Waals surface area contributed by atoms with Crippen LogP contribution in [0.2, 0.25) is 0 Å². The standard InChI is InChI=1S/C12H16N2O/c1-9-3-4-11-10(7-9)8-12(15-11)14-6-2-5-13/h3-4,7-8,14H,2,5-6,13H2,1H3. The molecule has 1 aromatic heterocycles. The summed E-state index contributed by atoms with van der Waals surface area (Å²) in [6.07, 6.45) is 0.954. The number of hydrogen-bond acceptors (Lipinski definition) is 3. The number of anilines is 1. The van der Waals surface area contributed by atoms with Gasteiger partial charge in [0, 0.05) is 18.0 Å². The molecule has 0 aliphatic heterocycles. The van der Waals surface area contributed by atoms with E-state index in [0.717, 1.165) is 29.8 Å². The van der Waals surface area contributed by atoms with Crippen molar-refractivity contribution in [2.45, 2.75) is 13.3 Å². The van der Waals surface area contributed by atoms with Crippen molar-refractivity contribution in [2.75, 3.05) is 18.4 Å². The number of hydrogen-bond donors (Lipinski definition) is 2. The summed E-state index contributed by atoms with van der Waals surface area (Å²) < 4.78 is 5.62. The van der Waals surface area contributed by atoms with E-state index in [1.54, 1.807) is 0 Å². The number of benzene rings is 1. The highest BCUT2D eigenvalue weighted by molar-refractivity contribution is 5.81. The quantitative estimate of drug-likeness (QED) is 0.752. The molecular formula is C12H16N2O. The minimum Gasteiger partial charge on any atom is -0.441 e. The molecule has 0 aliphatic carbocycles. The van der Waals surface area contributed by atoms with Crippen LogP contribution >= 0.6 is 0 Å². The molecule has 0 fully saturated rings. The fourth-order valence-corrected chi connectivity index (χ4v) is 1.56. The van der Waals surface area contributed by atoms with Crippen LogP contribution < -0.4 is 11.1 Å². The Hall–Kier alpha value is -1.48. The van der Waals surface area contributed by atoms with Gasteiger partial charge in [0.1, 0.15) is 5.58 Å². The van der Waals surface area contributed by atoms with Gasteiger partial charge in [-0.3, -0.25) is 0 Å². The van der Waals surface area contributed by atoms with Crippen LogP contribution in [0.5, 0.6) is 0 Å². The van der Waals surface area contributed by atoms with E-state index < -0.39 is 0 Å². The monoisotopic (exact) mass is 204 g/mol. The van der Waals surface area contributed by atoms with Crippen LogP contribution in [0.1, 0.15) is 12.0 Å². The Morgan fingerprint density at radius 2 is 2.20 bits per heavy atom. The second-order valence-corrected chi connectivity index (χ2v) is 3.72. The van der Waals surface area contributed by atoms with E-state index in [1.165, 1.54) is 5.56 Å². The fourth-order valence-electron chi connectivity index (χ4n) is 1.56. The van der Waals surface area contributed by atoms with Gasteiger partial charge in [0.2, 0.25) is 0 Å². The van der Waals surface area contributed by atoms with Crippen LogP contribution in [-0.2, 0) is 0 Å². The lowest BCUT2D eigenvalue weighted by molar-refractivity contribution is 0.624. The third-order valence-electron chi connectivity index (χ3n) is 2.35. The summed E-state index contributed by atoms with van der Waals surface area (Å²) >= 11 is 0. The zero-order chi connectivity index (χ0) is 10.7. The van der Waals surface area contributed by atoms with Crippen molar-refractivity contribution >= 4 is 16.9 Å². The summed E-state index contributed by atoms with van der Waals surface area (Å²) in [5, 5.41) is 4.35. The first-order chi connectivity index (χ1) is 7.29. The Balaban J connectivity index is 2.16. The Labute approximate surface area is 89.3 Å². The smallest absolute Gasteiger partial charge is 0.194 e. The highest BCUT2D eigenvalue weighted by Gasteiger charge is 2.02. The molecule has 2 aromatic rings. The number of nitrogens with two attached hydrogens (primary N) is 1. The Morgan fingerprint density at radius 3 is 3.00 bits per heavy atom. The predicted octanol–water partition coefficient (Wildman–Crippen LogP) is 2.50. The lowest BCUT2D eigenvalue weighted by Gasteiger charge is -1.98. The summed E-state index contributed by atoms with van der Waals surface area (Å²) in [7, 11) is 0. The average Bonchev–Trinajstić information content (AvgIpc) is 2.60. The molecule has 0 unspecified atom stereocenters. The van der Waals surface area contributed by atoms with E-state index in [2.05, 4.69) is 24.4 Å². The van der Waals surface area contributed by atoms with Gasteiger partial charge in [-0.2, -0.15) is 0 Å². The summed E-state index contributed by atoms with van der Waals surface area (Å²) in [5.74, 6) is 0.823. The molecule has 0 saturated heterocycles. The SMILES string of the molecule is Cc1ccc2oc(NCCCN)cc2c1. The van der Waals surface area contributed by atoms with Crippen LogP contribution in [0.4, 0.5) is 5.88 Å². The van der Waals surface area contributed by atoms with Gasteiger partial charge in [0.05, 0.1) is 0 Å². The predicted molar refractivity (Wildman–Crippen MR) is 63.1 cm³/mol. The maximum Gasteiger partial charge on any atom is 0.194 e. The van der Waals surface area contributed by atoms with Crippen LogP contribution in [0.3, 0.4) is 0 Å². The first-order valence-corrected chi connectivity index (χ1v) is 5.24. The molecule has 0 aliphatic rings. The minimum atomic E-state index is 0.701. The Morgan fingerprint density at radius 1 is 1.33 bits per heavy atom. The molecule has 0 amide bonds. The summed E-state index contributed by atoms with van der Waals surface area (Å²) in [5.41, 5.74) is 7.59. The van der Waals surface area contributed by atoms with Gasteiger partial charge in [0.15, 0.2) is 5.88 Å². The molecule has 0 spiro atoms. The van der Waals surface area contributed by atoms with Crippen molar-refractivity contribution in [2.24, 2.45) is 5.73 Å². The largest absolute Gasteiger partial charge is 0.441 e. The lowest BCUT2D eigenvalue weighted by Crippen LogP contribution is -2.07. The number of aryl methyl sites for hydroxylation is 1. The zero-order valence-corrected chi connectivity index (χ0v) is 8.92. The molecule has 15 heavy (non-hydrogen) atoms. The summed E-state index contributed by atoms with van der Waals surface area (Å²) in [4.78, 5) is 0. The number of furan rings is 1. The molecule has 3 nitrogen and oxygen atoms in total. The van der Waals surface area contributed by atoms with Crippen molar-refractivity contribution in [3.63, 3.8) is 0 Å². The van der Waals surface area contributed by atoms with E-state index in [1.807, 2.05) is 12.1 Å². The molecule has 2 rings (SSSR count). The lowest BCUT2D eigenvalue weighted by atomic mass is 10.2. The molecule has 1 heterocycles. The molecule has 3 heteroatoms. The van der Waals surface area contributed by atoms with E-state index in [-0.39, 0.29) is 0 Å². The van der Waals surface area contributed by atoms with Crippen LogP contribution in [0, 0.1) is 6.92 Å². The van der Waals surface area contributed by atoms with E-state index >= 15 is 0 Å². The van der Waals surface area contributed by atoms with Crippen LogP contribution in [0.15, 0.2) is 28.7 Å². The highest BCUT2D eigenvalue weighted by Crippen LogP contribution is 2.23. The van der Waals surface area contributed by atoms with Gasteiger partial charge in [-0.15, -0.1) is 0 Å². The molecule has 0 bridgehead atoms. The summed E-state index contributed by atoms with van der Waals surface area (Å²) in [6, 6.07) is 8.19. The first-order valence-electron chi connectivity index (χ1n) is 5.24. The fraction of sp³-hybridized carbons (Fsp3) is 0.333. The van der Waals surface area contributed by atoms with Crippen molar-refractivity contribution in [1.29, 1.82) is 0 Å². The molecule has 0 atom stereocenters. The normalized spacial score (nSPS) is 10.8. The van der Waals surface area contributed by atoms with Gasteiger partial charge in [-0.25, -0.2) is 0 Å². The van der Waals surface area contributed by atoms with Crippen LogP contribution in [-0.4, -0.2) is 13.1 Å². The molecule has 1 aromatic carbocycles. The summed E-state index contributed by atoms with van der Waals surface area (Å²) in [6.45, 7) is 3.63. The topological polar surface area (TPSA) is 51.2 Å². The maximum atomic E-state index is 5.62. The average molecular weight is 204 g/mol. The molecule has 0 saturated carbocycles. The van der Waals surface area contributed by atoms with E-state index in [0.29, 0.717) is 6.54 Å². The Bertz CT molecular complexity index is 448. The third kappa shape index (κ3) is 2.30. The molecule has 0 radical (unpaired) electrons. The number of fused-ring (bicyclic) bond motifs is 1. The van der Waals surface area contributed by atoms with Gasteiger partial charge < -0.3 is 15.5 Å². The molecular weight excluding hydrogens is 188 g/mol. The first kappa shape index (κ1) is 10.1.